The zero-order valence-electron chi connectivity index (χ0n) is 15.7. The van der Waals surface area contributed by atoms with Crippen LogP contribution in [0.5, 0.6) is 11.5 Å². The second-order valence-corrected chi connectivity index (χ2v) is 9.37. The van der Waals surface area contributed by atoms with Crippen molar-refractivity contribution in [3.63, 3.8) is 0 Å². The fourth-order valence-electron chi connectivity index (χ4n) is 2.73. The van der Waals surface area contributed by atoms with Gasteiger partial charge in [-0.1, -0.05) is 0 Å². The Kier molecular flexibility index (Phi) is 6.32. The molecule has 25 heavy (non-hydrogen) atoms. The van der Waals surface area contributed by atoms with Gasteiger partial charge in [0.05, 0.1) is 14.2 Å². The molecule has 0 bridgehead atoms. The van der Waals surface area contributed by atoms with Crippen LogP contribution in [0.4, 0.5) is 4.79 Å². The number of urea groups is 1. The van der Waals surface area contributed by atoms with Crippen molar-refractivity contribution in [1.29, 1.82) is 0 Å². The van der Waals surface area contributed by atoms with Gasteiger partial charge in [-0.25, -0.2) is 4.79 Å². The van der Waals surface area contributed by atoms with Crippen molar-refractivity contribution in [1.82, 2.24) is 10.2 Å². The van der Waals surface area contributed by atoms with Crippen LogP contribution < -0.4 is 14.8 Å². The normalized spacial score (nSPS) is 15.3. The number of nitrogens with one attached hydrogen (secondary N) is 1. The van der Waals surface area contributed by atoms with Gasteiger partial charge in [-0.3, -0.25) is 4.21 Å². The van der Waals surface area contributed by atoms with E-state index in [0.29, 0.717) is 36.9 Å². The second-order valence-electron chi connectivity index (χ2n) is 7.04. The summed E-state index contributed by atoms with van der Waals surface area (Å²) in [5, 5.41) is 2.88. The lowest BCUT2D eigenvalue weighted by atomic mass is 9.99. The Bertz CT molecular complexity index is 655. The minimum absolute atomic E-state index is 0.119. The molecular formula is C18H28N2O4S. The van der Waals surface area contributed by atoms with Gasteiger partial charge in [0.2, 0.25) is 0 Å². The van der Waals surface area contributed by atoms with E-state index in [9.17, 15) is 9.00 Å². The largest absolute Gasteiger partial charge is 0.493 e. The number of ether oxygens (including phenoxy) is 2. The highest BCUT2D eigenvalue weighted by Crippen LogP contribution is 2.33. The van der Waals surface area contributed by atoms with E-state index in [0.717, 1.165) is 12.0 Å². The van der Waals surface area contributed by atoms with E-state index >= 15 is 0 Å². The molecule has 1 aromatic rings. The third-order valence-electron chi connectivity index (χ3n) is 4.25. The summed E-state index contributed by atoms with van der Waals surface area (Å²) in [5.41, 5.74) is 2.24. The Morgan fingerprint density at radius 2 is 1.80 bits per heavy atom. The van der Waals surface area contributed by atoms with Crippen molar-refractivity contribution in [2.24, 2.45) is 0 Å². The number of carbonyl (C=O) groups excluding carboxylic acids is 1. The Morgan fingerprint density at radius 3 is 2.36 bits per heavy atom. The molecule has 7 heteroatoms. The average Bonchev–Trinajstić information content (AvgIpc) is 2.58. The molecule has 0 radical (unpaired) electrons. The van der Waals surface area contributed by atoms with E-state index < -0.39 is 10.8 Å². The van der Waals surface area contributed by atoms with Gasteiger partial charge in [0.15, 0.2) is 11.5 Å². The van der Waals surface area contributed by atoms with E-state index in [1.165, 1.54) is 5.56 Å². The summed E-state index contributed by atoms with van der Waals surface area (Å²) in [6, 6.07) is 3.80. The molecule has 1 N–H and O–H groups in total. The Balaban J connectivity index is 1.95. The first-order valence-electron chi connectivity index (χ1n) is 8.41. The molecule has 0 aromatic heterocycles. The summed E-state index contributed by atoms with van der Waals surface area (Å²) in [4.78, 5) is 14.1. The summed E-state index contributed by atoms with van der Waals surface area (Å²) in [5.74, 6) is 1.85. The molecule has 1 aliphatic heterocycles. The predicted molar refractivity (Wildman–Crippen MR) is 99.8 cm³/mol. The first-order chi connectivity index (χ1) is 11.8. The van der Waals surface area contributed by atoms with Gasteiger partial charge < -0.3 is 19.7 Å². The van der Waals surface area contributed by atoms with E-state index in [1.54, 1.807) is 19.1 Å². The van der Waals surface area contributed by atoms with Crippen molar-refractivity contribution >= 4 is 16.8 Å². The first kappa shape index (κ1) is 19.6. The lowest BCUT2D eigenvalue weighted by Crippen LogP contribution is -2.44. The number of carbonyl (C=O) groups is 1. The van der Waals surface area contributed by atoms with Gasteiger partial charge in [0.1, 0.15) is 0 Å². The van der Waals surface area contributed by atoms with Crippen LogP contribution in [0.1, 0.15) is 31.9 Å². The highest BCUT2D eigenvalue weighted by molar-refractivity contribution is 7.86. The Morgan fingerprint density at radius 1 is 1.20 bits per heavy atom. The van der Waals surface area contributed by atoms with Crippen LogP contribution in [0.3, 0.4) is 0 Å². The second kappa shape index (κ2) is 8.08. The molecule has 1 aromatic carbocycles. The molecule has 2 rings (SSSR count). The number of rotatable bonds is 5. The molecular weight excluding hydrogens is 340 g/mol. The maximum absolute atomic E-state index is 12.4. The van der Waals surface area contributed by atoms with Crippen LogP contribution in [-0.2, 0) is 23.8 Å². The van der Waals surface area contributed by atoms with Gasteiger partial charge in [-0.2, -0.15) is 0 Å². The number of benzene rings is 1. The van der Waals surface area contributed by atoms with Crippen molar-refractivity contribution < 1.29 is 18.5 Å². The molecule has 1 heterocycles. The smallest absolute Gasteiger partial charge is 0.317 e. The molecule has 0 saturated carbocycles. The minimum atomic E-state index is -0.967. The monoisotopic (exact) mass is 368 g/mol. The molecule has 0 unspecified atom stereocenters. The molecule has 0 saturated heterocycles. The molecule has 1 atom stereocenters. The number of amides is 2. The molecule has 0 fully saturated rings. The minimum Gasteiger partial charge on any atom is -0.493 e. The third-order valence-corrected chi connectivity index (χ3v) is 6.19. The van der Waals surface area contributed by atoms with Gasteiger partial charge in [-0.05, 0) is 50.5 Å². The average molecular weight is 368 g/mol. The van der Waals surface area contributed by atoms with Crippen LogP contribution in [0, 0.1) is 0 Å². The molecule has 140 valence electrons. The van der Waals surface area contributed by atoms with Gasteiger partial charge in [0, 0.05) is 40.9 Å². The summed E-state index contributed by atoms with van der Waals surface area (Å²) in [6.07, 6.45) is 0.775. The number of methoxy groups -OCH3 is 2. The molecule has 2 amide bonds. The van der Waals surface area contributed by atoms with Crippen LogP contribution in [0.2, 0.25) is 0 Å². The summed E-state index contributed by atoms with van der Waals surface area (Å²) in [7, 11) is 2.26. The van der Waals surface area contributed by atoms with Crippen molar-refractivity contribution in [3.8, 4) is 11.5 Å². The van der Waals surface area contributed by atoms with E-state index in [-0.39, 0.29) is 10.8 Å². The fraction of sp³-hybridized carbons (Fsp3) is 0.611. The first-order valence-corrected chi connectivity index (χ1v) is 9.73. The fourth-order valence-corrected chi connectivity index (χ4v) is 3.63. The number of nitrogens with zero attached hydrogens (tertiary/aromatic N) is 1. The standard InChI is InChI=1S/C18H28N2O4S/c1-18(2,3)25(22)9-7-19-17(21)20-8-6-13-10-15(23-4)16(24-5)11-14(13)12-20/h10-11H,6-9,12H2,1-5H3,(H,19,21)/t25-/m1/s1. The van der Waals surface area contributed by atoms with Gasteiger partial charge in [-0.15, -0.1) is 0 Å². The zero-order chi connectivity index (χ0) is 18.6. The lowest BCUT2D eigenvalue weighted by molar-refractivity contribution is 0.193. The lowest BCUT2D eigenvalue weighted by Gasteiger charge is -2.30. The maximum Gasteiger partial charge on any atom is 0.317 e. The van der Waals surface area contributed by atoms with Crippen LogP contribution in [0.25, 0.3) is 0 Å². The quantitative estimate of drug-likeness (QED) is 0.866. The maximum atomic E-state index is 12.4. The van der Waals surface area contributed by atoms with E-state index in [1.807, 2.05) is 32.9 Å². The van der Waals surface area contributed by atoms with Crippen molar-refractivity contribution in [3.05, 3.63) is 23.3 Å². The molecule has 0 spiro atoms. The number of hydrogen-bond donors (Lipinski definition) is 1. The van der Waals surface area contributed by atoms with Gasteiger partial charge in [0.25, 0.3) is 0 Å². The van der Waals surface area contributed by atoms with E-state index in [2.05, 4.69) is 5.32 Å². The zero-order valence-corrected chi connectivity index (χ0v) is 16.5. The SMILES string of the molecule is COc1cc2c(cc1OC)CN(C(=O)NCC[S@@](=O)C(C)(C)C)CC2. The topological polar surface area (TPSA) is 67.9 Å². The highest BCUT2D eigenvalue weighted by Gasteiger charge is 2.23. The molecule has 6 nitrogen and oxygen atoms in total. The summed E-state index contributed by atoms with van der Waals surface area (Å²) < 4.78 is 22.5. The molecule has 1 aliphatic rings. The van der Waals surface area contributed by atoms with E-state index in [4.69, 9.17) is 9.47 Å². The van der Waals surface area contributed by atoms with Gasteiger partial charge >= 0.3 is 6.03 Å². The Labute approximate surface area is 152 Å². The van der Waals surface area contributed by atoms with Crippen LogP contribution in [-0.4, -0.2) is 52.9 Å². The van der Waals surface area contributed by atoms with Crippen molar-refractivity contribution in [2.75, 3.05) is 33.1 Å². The number of hydrogen-bond acceptors (Lipinski definition) is 4. The third kappa shape index (κ3) is 4.87. The summed E-state index contributed by atoms with van der Waals surface area (Å²) >= 11 is 0. The van der Waals surface area contributed by atoms with Crippen LogP contribution in [0.15, 0.2) is 12.1 Å². The highest BCUT2D eigenvalue weighted by atomic mass is 32.2. The molecule has 0 aliphatic carbocycles. The number of fused-ring (bicyclic) bond motifs is 1. The Hall–Kier alpha value is -1.76. The van der Waals surface area contributed by atoms with Crippen molar-refractivity contribution in [2.45, 2.75) is 38.5 Å². The predicted octanol–water partition coefficient (Wildman–Crippen LogP) is 2.32. The summed E-state index contributed by atoms with van der Waals surface area (Å²) in [6.45, 7) is 7.41. The van der Waals surface area contributed by atoms with Crippen LogP contribution >= 0.6 is 0 Å².